The molecule has 0 saturated carbocycles. The molecule has 6 heteroatoms. The van der Waals surface area contributed by atoms with Crippen LogP contribution in [0.5, 0.6) is 0 Å². The van der Waals surface area contributed by atoms with Crippen LogP contribution in [0.25, 0.3) is 0 Å². The van der Waals surface area contributed by atoms with Gasteiger partial charge in [0, 0.05) is 22.4 Å². The Morgan fingerprint density at radius 2 is 2.18 bits per heavy atom. The lowest BCUT2D eigenvalue weighted by Crippen LogP contribution is -2.02. The number of fused-ring (bicyclic) bond motifs is 1. The second-order valence-electron chi connectivity index (χ2n) is 3.88. The van der Waals surface area contributed by atoms with Crippen molar-refractivity contribution in [1.29, 1.82) is 0 Å². The molecule has 0 saturated heterocycles. The number of aryl methyl sites for hydroxylation is 1. The van der Waals surface area contributed by atoms with Crippen molar-refractivity contribution in [3.63, 3.8) is 0 Å². The minimum Gasteiger partial charge on any atom is -0.246 e. The van der Waals surface area contributed by atoms with E-state index in [1.165, 1.54) is 0 Å². The Morgan fingerprint density at radius 1 is 1.29 bits per heavy atom. The SMILES string of the molecule is Cc1nc(Cc2nc(Cl)c3c(n2)CSC3)cs1. The molecule has 0 atom stereocenters. The molecule has 0 unspecified atom stereocenters. The zero-order valence-electron chi connectivity index (χ0n) is 9.23. The number of hydrogen-bond acceptors (Lipinski definition) is 5. The molecular formula is C11H10ClN3S2. The van der Waals surface area contributed by atoms with E-state index in [0.717, 1.165) is 39.3 Å². The number of thioether (sulfide) groups is 1. The zero-order valence-corrected chi connectivity index (χ0v) is 11.6. The van der Waals surface area contributed by atoms with Crippen molar-refractivity contribution >= 4 is 34.7 Å². The van der Waals surface area contributed by atoms with Crippen molar-refractivity contribution in [2.24, 2.45) is 0 Å². The first-order chi connectivity index (χ1) is 8.22. The van der Waals surface area contributed by atoms with Crippen LogP contribution in [0.1, 0.15) is 27.8 Å². The molecule has 0 radical (unpaired) electrons. The Labute approximate surface area is 113 Å². The van der Waals surface area contributed by atoms with Gasteiger partial charge in [-0.2, -0.15) is 11.8 Å². The maximum absolute atomic E-state index is 6.16. The highest BCUT2D eigenvalue weighted by atomic mass is 35.5. The van der Waals surface area contributed by atoms with E-state index in [9.17, 15) is 0 Å². The number of rotatable bonds is 2. The Balaban J connectivity index is 1.91. The average Bonchev–Trinajstić information content (AvgIpc) is 2.87. The first-order valence-electron chi connectivity index (χ1n) is 5.25. The summed E-state index contributed by atoms with van der Waals surface area (Å²) in [6.07, 6.45) is 0.669. The van der Waals surface area contributed by atoms with E-state index in [1.54, 1.807) is 11.3 Å². The number of hydrogen-bond donors (Lipinski definition) is 0. The molecule has 0 aromatic carbocycles. The van der Waals surface area contributed by atoms with E-state index in [-0.39, 0.29) is 0 Å². The summed E-state index contributed by atoms with van der Waals surface area (Å²) in [6.45, 7) is 2.00. The molecule has 0 fully saturated rings. The number of thiazole rings is 1. The van der Waals surface area contributed by atoms with E-state index in [4.69, 9.17) is 11.6 Å². The Kier molecular flexibility index (Phi) is 3.06. The highest BCUT2D eigenvalue weighted by Crippen LogP contribution is 2.32. The summed E-state index contributed by atoms with van der Waals surface area (Å²) in [7, 11) is 0. The van der Waals surface area contributed by atoms with Crippen LogP contribution >= 0.6 is 34.7 Å². The van der Waals surface area contributed by atoms with Gasteiger partial charge in [0.15, 0.2) is 0 Å². The van der Waals surface area contributed by atoms with Crippen LogP contribution in [0.15, 0.2) is 5.38 Å². The third-order valence-electron chi connectivity index (χ3n) is 2.58. The smallest absolute Gasteiger partial charge is 0.137 e. The number of aromatic nitrogens is 3. The van der Waals surface area contributed by atoms with Gasteiger partial charge in [-0.1, -0.05) is 11.6 Å². The lowest BCUT2D eigenvalue weighted by Gasteiger charge is -2.03. The van der Waals surface area contributed by atoms with Crippen molar-refractivity contribution in [1.82, 2.24) is 15.0 Å². The Bertz CT molecular complexity index is 568. The van der Waals surface area contributed by atoms with Crippen molar-refractivity contribution in [3.8, 4) is 0 Å². The maximum atomic E-state index is 6.16. The van der Waals surface area contributed by atoms with Crippen molar-refractivity contribution < 1.29 is 0 Å². The van der Waals surface area contributed by atoms with Crippen LogP contribution in [0, 0.1) is 6.92 Å². The third-order valence-corrected chi connectivity index (χ3v) is 4.68. The van der Waals surface area contributed by atoms with Gasteiger partial charge in [-0.3, -0.25) is 0 Å². The van der Waals surface area contributed by atoms with Crippen LogP contribution in [0.2, 0.25) is 5.15 Å². The molecule has 3 rings (SSSR count). The molecule has 88 valence electrons. The van der Waals surface area contributed by atoms with E-state index in [1.807, 2.05) is 18.7 Å². The predicted octanol–water partition coefficient (Wildman–Crippen LogP) is 3.23. The van der Waals surface area contributed by atoms with Crippen molar-refractivity contribution in [2.75, 3.05) is 0 Å². The molecule has 0 N–H and O–H groups in total. The van der Waals surface area contributed by atoms with Crippen LogP contribution in [0.3, 0.4) is 0 Å². The molecule has 0 spiro atoms. The fourth-order valence-electron chi connectivity index (χ4n) is 1.79. The molecule has 0 bridgehead atoms. The minimum absolute atomic E-state index is 0.613. The summed E-state index contributed by atoms with van der Waals surface area (Å²) in [5.74, 6) is 2.66. The van der Waals surface area contributed by atoms with E-state index in [2.05, 4.69) is 20.3 Å². The van der Waals surface area contributed by atoms with Gasteiger partial charge >= 0.3 is 0 Å². The molecule has 2 aromatic heterocycles. The number of halogens is 1. The lowest BCUT2D eigenvalue weighted by atomic mass is 10.2. The summed E-state index contributed by atoms with van der Waals surface area (Å²) in [5, 5.41) is 3.74. The normalized spacial score (nSPS) is 14.0. The fraction of sp³-hybridized carbons (Fsp3) is 0.364. The first kappa shape index (κ1) is 11.4. The van der Waals surface area contributed by atoms with Gasteiger partial charge in [-0.25, -0.2) is 15.0 Å². The quantitative estimate of drug-likeness (QED) is 0.793. The molecule has 0 aliphatic carbocycles. The average molecular weight is 284 g/mol. The molecule has 3 nitrogen and oxygen atoms in total. The Morgan fingerprint density at radius 3 is 2.94 bits per heavy atom. The molecule has 17 heavy (non-hydrogen) atoms. The van der Waals surface area contributed by atoms with Gasteiger partial charge in [0.05, 0.1) is 22.8 Å². The first-order valence-corrected chi connectivity index (χ1v) is 7.66. The van der Waals surface area contributed by atoms with Crippen LogP contribution < -0.4 is 0 Å². The molecule has 0 amide bonds. The summed E-state index contributed by atoms with van der Waals surface area (Å²) in [5.41, 5.74) is 3.22. The van der Waals surface area contributed by atoms with Gasteiger partial charge < -0.3 is 0 Å². The van der Waals surface area contributed by atoms with Gasteiger partial charge in [0.25, 0.3) is 0 Å². The fourth-order valence-corrected chi connectivity index (χ4v) is 3.80. The van der Waals surface area contributed by atoms with Crippen LogP contribution in [0.4, 0.5) is 0 Å². The zero-order chi connectivity index (χ0) is 11.8. The summed E-state index contributed by atoms with van der Waals surface area (Å²) in [6, 6.07) is 0. The van der Waals surface area contributed by atoms with Crippen LogP contribution in [-0.2, 0) is 17.9 Å². The monoisotopic (exact) mass is 283 g/mol. The van der Waals surface area contributed by atoms with E-state index in [0.29, 0.717) is 11.6 Å². The van der Waals surface area contributed by atoms with Crippen LogP contribution in [-0.4, -0.2) is 15.0 Å². The second-order valence-corrected chi connectivity index (χ2v) is 6.29. The molecular weight excluding hydrogens is 274 g/mol. The summed E-state index contributed by atoms with van der Waals surface area (Å²) < 4.78 is 0. The second kappa shape index (κ2) is 4.55. The standard InChI is InChI=1S/C11H10ClN3S2/c1-6-13-7(3-17-6)2-10-14-9-5-16-4-8(9)11(12)15-10/h3H,2,4-5H2,1H3. The number of nitrogens with zero attached hydrogens (tertiary/aromatic N) is 3. The lowest BCUT2D eigenvalue weighted by molar-refractivity contribution is 0.908. The molecule has 1 aliphatic rings. The minimum atomic E-state index is 0.613. The van der Waals surface area contributed by atoms with Crippen molar-refractivity contribution in [3.05, 3.63) is 38.3 Å². The summed E-state index contributed by atoms with van der Waals surface area (Å²) in [4.78, 5) is 13.3. The van der Waals surface area contributed by atoms with Gasteiger partial charge in [-0.15, -0.1) is 11.3 Å². The largest absolute Gasteiger partial charge is 0.246 e. The van der Waals surface area contributed by atoms with E-state index < -0.39 is 0 Å². The van der Waals surface area contributed by atoms with Gasteiger partial charge in [0.1, 0.15) is 11.0 Å². The highest BCUT2D eigenvalue weighted by Gasteiger charge is 2.18. The summed E-state index contributed by atoms with van der Waals surface area (Å²) >= 11 is 9.65. The van der Waals surface area contributed by atoms with Gasteiger partial charge in [-0.05, 0) is 6.92 Å². The maximum Gasteiger partial charge on any atom is 0.137 e. The van der Waals surface area contributed by atoms with Crippen molar-refractivity contribution in [2.45, 2.75) is 24.9 Å². The Hall–Kier alpha value is -0.650. The topological polar surface area (TPSA) is 38.7 Å². The third kappa shape index (κ3) is 2.32. The molecule has 3 heterocycles. The van der Waals surface area contributed by atoms with Gasteiger partial charge in [0.2, 0.25) is 0 Å². The molecule has 1 aliphatic heterocycles. The predicted molar refractivity (Wildman–Crippen MR) is 71.7 cm³/mol. The highest BCUT2D eigenvalue weighted by molar-refractivity contribution is 7.98. The molecule has 2 aromatic rings. The van der Waals surface area contributed by atoms with E-state index >= 15 is 0 Å².